The van der Waals surface area contributed by atoms with Crippen LogP contribution in [-0.4, -0.2) is 22.2 Å². The van der Waals surface area contributed by atoms with E-state index in [9.17, 15) is 4.21 Å². The molecule has 0 spiro atoms. The molecule has 0 saturated carbocycles. The predicted octanol–water partition coefficient (Wildman–Crippen LogP) is -0.00560. The molecule has 0 saturated heterocycles. The minimum atomic E-state index is -1.67. The van der Waals surface area contributed by atoms with Crippen LogP contribution < -0.4 is 0 Å². The van der Waals surface area contributed by atoms with Crippen molar-refractivity contribution in [3.05, 3.63) is 0 Å². The molecule has 0 rings (SSSR count). The summed E-state index contributed by atoms with van der Waals surface area (Å²) >= 11 is 3.70. The van der Waals surface area contributed by atoms with Gasteiger partial charge < -0.3 is 0 Å². The molecule has 0 amide bonds. The quantitative estimate of drug-likeness (QED) is 0.353. The first-order valence-electron chi connectivity index (χ1n) is 1.48. The van der Waals surface area contributed by atoms with Gasteiger partial charge in [-0.05, 0) is 0 Å². The molecule has 0 bridgehead atoms. The van der Waals surface area contributed by atoms with Crippen molar-refractivity contribution in [2.24, 2.45) is 0 Å². The zero-order valence-electron chi connectivity index (χ0n) is 3.84. The van der Waals surface area contributed by atoms with Crippen LogP contribution in [0.2, 0.25) is 0 Å². The van der Waals surface area contributed by atoms with Crippen LogP contribution in [0.1, 0.15) is 0 Å². The van der Waals surface area contributed by atoms with Crippen molar-refractivity contribution in [2.75, 3.05) is 12.5 Å². The van der Waals surface area contributed by atoms with Crippen molar-refractivity contribution >= 4 is 27.3 Å². The van der Waals surface area contributed by atoms with Crippen molar-refractivity contribution in [1.29, 1.82) is 0 Å². The topological polar surface area (TPSA) is 17.1 Å². The monoisotopic (exact) mass is 122 g/mol. The first kappa shape index (κ1) is 6.56. The Labute approximate surface area is 44.6 Å². The van der Waals surface area contributed by atoms with E-state index in [1.165, 1.54) is 5.43 Å². The average molecular weight is 122 g/mol. The maximum absolute atomic E-state index is 10.4. The molecule has 6 heavy (non-hydrogen) atoms. The van der Waals surface area contributed by atoms with Gasteiger partial charge >= 0.3 is 44.0 Å². The molecule has 0 aliphatic heterocycles. The first-order chi connectivity index (χ1) is 2.56. The van der Waals surface area contributed by atoms with E-state index in [1.54, 1.807) is 12.5 Å². The first-order valence-corrected chi connectivity index (χ1v) is 4.43. The van der Waals surface area contributed by atoms with Gasteiger partial charge in [0.2, 0.25) is 0 Å². The second-order valence-electron chi connectivity index (χ2n) is 1.41. The van der Waals surface area contributed by atoms with Crippen LogP contribution in [0.5, 0.6) is 0 Å². The zero-order valence-corrected chi connectivity index (χ0v) is 5.55. The Hall–Kier alpha value is 0.565. The van der Waals surface area contributed by atoms with Crippen LogP contribution in [0.4, 0.5) is 0 Å². The van der Waals surface area contributed by atoms with Crippen LogP contribution in [-0.2, 0) is 9.36 Å². The van der Waals surface area contributed by atoms with Gasteiger partial charge in [0, 0.05) is 0 Å². The fourth-order valence-electron chi connectivity index (χ4n) is 0. The van der Waals surface area contributed by atoms with Gasteiger partial charge in [0.05, 0.1) is 0 Å². The molecular formula is C2H7BOS2. The van der Waals surface area contributed by atoms with Gasteiger partial charge in [-0.2, -0.15) is 0 Å². The number of hydrogen-bond acceptors (Lipinski definition) is 1. The van der Waals surface area contributed by atoms with E-state index in [0.717, 1.165) is 0 Å². The third-order valence-electron chi connectivity index (χ3n) is 0.254. The Bertz CT molecular complexity index is 124. The van der Waals surface area contributed by atoms with Crippen molar-refractivity contribution in [3.63, 3.8) is 0 Å². The van der Waals surface area contributed by atoms with Gasteiger partial charge in [-0.25, -0.2) is 0 Å². The fraction of sp³-hybridized carbons (Fsp3) is 1.00. The summed E-state index contributed by atoms with van der Waals surface area (Å²) in [5.41, 5.74) is 1.41. The van der Waals surface area contributed by atoms with Gasteiger partial charge in [0.15, 0.2) is 0 Å². The van der Waals surface area contributed by atoms with Gasteiger partial charge in [-0.1, -0.05) is 0 Å². The molecule has 0 aromatic heterocycles. The summed E-state index contributed by atoms with van der Waals surface area (Å²) in [6.45, 7) is 0. The van der Waals surface area contributed by atoms with Crippen LogP contribution in [0.15, 0.2) is 0 Å². The Balaban J connectivity index is 4.24. The number of thiol groups is 1. The number of hydrogen-bond donors (Lipinski definition) is 1. The van der Waals surface area contributed by atoms with E-state index in [0.29, 0.717) is 0 Å². The molecule has 0 aromatic carbocycles. The molecule has 1 nitrogen and oxygen atoms in total. The van der Waals surface area contributed by atoms with E-state index < -0.39 is 9.36 Å². The summed E-state index contributed by atoms with van der Waals surface area (Å²) in [7, 11) is -1.67. The third kappa shape index (κ3) is 4.56. The molecule has 0 fully saturated rings. The van der Waals surface area contributed by atoms with E-state index in [4.69, 9.17) is 0 Å². The summed E-state index contributed by atoms with van der Waals surface area (Å²) < 4.78 is 10.4. The van der Waals surface area contributed by atoms with E-state index in [2.05, 4.69) is 12.5 Å². The molecule has 0 aliphatic rings. The van der Waals surface area contributed by atoms with E-state index in [1.807, 2.05) is 0 Å². The molecule has 4 heteroatoms. The molecule has 0 N–H and O–H groups in total. The summed E-state index contributed by atoms with van der Waals surface area (Å²) in [5, 5.41) is 0. The van der Waals surface area contributed by atoms with Crippen molar-refractivity contribution in [1.82, 2.24) is 0 Å². The second-order valence-corrected chi connectivity index (χ2v) is 4.88. The maximum atomic E-state index is 10.4. The Morgan fingerprint density at radius 2 is 1.83 bits per heavy atom. The van der Waals surface area contributed by atoms with Crippen molar-refractivity contribution < 1.29 is 4.21 Å². The van der Waals surface area contributed by atoms with Gasteiger partial charge in [0.25, 0.3) is 0 Å². The Kier molecular flexibility index (Phi) is 2.22. The van der Waals surface area contributed by atoms with Gasteiger partial charge in [-0.3, -0.25) is 0 Å². The van der Waals surface area contributed by atoms with E-state index >= 15 is 0 Å². The molecule has 36 valence electrons. The van der Waals surface area contributed by atoms with E-state index in [-0.39, 0.29) is 0 Å². The minimum absolute atomic E-state index is 1.41. The predicted molar refractivity (Wildman–Crippen MR) is 34.7 cm³/mol. The Morgan fingerprint density at radius 1 is 1.67 bits per heavy atom. The molecule has 0 heterocycles. The Morgan fingerprint density at radius 3 is 1.83 bits per heavy atom. The summed E-state index contributed by atoms with van der Waals surface area (Å²) in [6.07, 6.45) is 3.28. The van der Waals surface area contributed by atoms with Gasteiger partial charge in [0.1, 0.15) is 0 Å². The molecule has 0 aromatic rings. The molecule has 0 aliphatic carbocycles. The standard InChI is InChI=1S/C2H7BOS2/c1-6(2,4)3-5/h5H,1-2H3. The average Bonchev–Trinajstić information content (AvgIpc) is 1.35. The SMILES string of the molecule is CS(C)(=O)=BS. The van der Waals surface area contributed by atoms with Crippen LogP contribution in [0.3, 0.4) is 0 Å². The summed E-state index contributed by atoms with van der Waals surface area (Å²) in [6, 6.07) is 0. The second kappa shape index (κ2) is 2.03. The van der Waals surface area contributed by atoms with Gasteiger partial charge in [-0.15, -0.1) is 0 Å². The number of rotatable bonds is 0. The summed E-state index contributed by atoms with van der Waals surface area (Å²) in [4.78, 5) is 0. The third-order valence-corrected chi connectivity index (χ3v) is 2.28. The van der Waals surface area contributed by atoms with Crippen molar-refractivity contribution in [3.8, 4) is 0 Å². The molecule has 0 radical (unpaired) electrons. The molecule has 0 unspecified atom stereocenters. The molecule has 0 atom stereocenters. The summed E-state index contributed by atoms with van der Waals surface area (Å²) in [5.74, 6) is 0. The van der Waals surface area contributed by atoms with Crippen LogP contribution >= 0.6 is 12.5 Å². The van der Waals surface area contributed by atoms with Crippen LogP contribution in [0.25, 0.3) is 0 Å². The zero-order chi connectivity index (χ0) is 5.21. The van der Waals surface area contributed by atoms with Crippen molar-refractivity contribution in [2.45, 2.75) is 0 Å². The normalized spacial score (nSPS) is 10.5. The fourth-order valence-corrected chi connectivity index (χ4v) is 0. The molecular weight excluding hydrogens is 115 g/mol. The van der Waals surface area contributed by atoms with Crippen LogP contribution in [0, 0.1) is 0 Å².